The Labute approximate surface area is 95.6 Å². The van der Waals surface area contributed by atoms with Crippen molar-refractivity contribution >= 4 is 5.82 Å². The van der Waals surface area contributed by atoms with Crippen molar-refractivity contribution in [2.75, 3.05) is 24.7 Å². The van der Waals surface area contributed by atoms with Gasteiger partial charge in [0.2, 0.25) is 0 Å². The van der Waals surface area contributed by atoms with Gasteiger partial charge < -0.3 is 15.4 Å². The van der Waals surface area contributed by atoms with Gasteiger partial charge >= 0.3 is 0 Å². The fourth-order valence-electron chi connectivity index (χ4n) is 1.91. The number of anilines is 1. The number of morpholine rings is 1. The lowest BCUT2D eigenvalue weighted by atomic mass is 10.0. The smallest absolute Gasteiger partial charge is 0.148 e. The van der Waals surface area contributed by atoms with Crippen LogP contribution in [-0.4, -0.2) is 35.3 Å². The van der Waals surface area contributed by atoms with Gasteiger partial charge in [-0.3, -0.25) is 4.98 Å². The van der Waals surface area contributed by atoms with Crippen LogP contribution in [0.3, 0.4) is 0 Å². The molecule has 1 aliphatic rings. The molecule has 5 heteroatoms. The van der Waals surface area contributed by atoms with Gasteiger partial charge in [0.05, 0.1) is 30.6 Å². The van der Waals surface area contributed by atoms with Crippen molar-refractivity contribution in [2.24, 2.45) is 5.73 Å². The molecule has 0 spiro atoms. The summed E-state index contributed by atoms with van der Waals surface area (Å²) >= 11 is 0. The van der Waals surface area contributed by atoms with E-state index in [1.165, 1.54) is 0 Å². The molecule has 0 amide bonds. The molecule has 2 rings (SSSR count). The van der Waals surface area contributed by atoms with E-state index in [2.05, 4.69) is 28.7 Å². The maximum atomic E-state index is 5.57. The third kappa shape index (κ3) is 2.15. The largest absolute Gasteiger partial charge is 0.377 e. The molecule has 1 aromatic heterocycles. The minimum Gasteiger partial charge on any atom is -0.377 e. The molecule has 5 nitrogen and oxygen atoms in total. The van der Waals surface area contributed by atoms with E-state index in [0.717, 1.165) is 24.7 Å². The quantitative estimate of drug-likeness (QED) is 0.791. The first-order valence-electron chi connectivity index (χ1n) is 5.50. The van der Waals surface area contributed by atoms with Gasteiger partial charge in [0, 0.05) is 19.3 Å². The number of hydrogen-bond acceptors (Lipinski definition) is 5. The van der Waals surface area contributed by atoms with E-state index in [0.29, 0.717) is 13.2 Å². The molecule has 1 aromatic rings. The Bertz CT molecular complexity index is 367. The lowest BCUT2D eigenvalue weighted by Gasteiger charge is -2.42. The van der Waals surface area contributed by atoms with E-state index in [9.17, 15) is 0 Å². The Morgan fingerprint density at radius 1 is 1.50 bits per heavy atom. The molecule has 0 saturated carbocycles. The molecule has 16 heavy (non-hydrogen) atoms. The van der Waals surface area contributed by atoms with Gasteiger partial charge in [-0.15, -0.1) is 0 Å². The maximum absolute atomic E-state index is 5.57. The highest BCUT2D eigenvalue weighted by Crippen LogP contribution is 2.24. The normalized spacial score (nSPS) is 19.8. The zero-order valence-corrected chi connectivity index (χ0v) is 9.81. The van der Waals surface area contributed by atoms with Crippen molar-refractivity contribution in [1.82, 2.24) is 9.97 Å². The fourth-order valence-corrected chi connectivity index (χ4v) is 1.91. The molecule has 2 heterocycles. The maximum Gasteiger partial charge on any atom is 0.148 e. The second-order valence-electron chi connectivity index (χ2n) is 4.59. The van der Waals surface area contributed by atoms with E-state index in [1.54, 1.807) is 12.4 Å². The number of aromatic nitrogens is 2. The Morgan fingerprint density at radius 2 is 2.31 bits per heavy atom. The second-order valence-corrected chi connectivity index (χ2v) is 4.59. The summed E-state index contributed by atoms with van der Waals surface area (Å²) < 4.78 is 5.48. The molecule has 0 unspecified atom stereocenters. The Hall–Kier alpha value is -1.20. The van der Waals surface area contributed by atoms with Crippen LogP contribution in [0, 0.1) is 0 Å². The summed E-state index contributed by atoms with van der Waals surface area (Å²) in [6.07, 6.45) is 3.49. The molecule has 0 bridgehead atoms. The topological polar surface area (TPSA) is 64.3 Å². The Kier molecular flexibility index (Phi) is 3.07. The predicted octanol–water partition coefficient (Wildman–Crippen LogP) is 0.551. The SMILES string of the molecule is CC1(C)COCCN1c1cncc(CN)n1. The Balaban J connectivity index is 2.27. The van der Waals surface area contributed by atoms with Gasteiger partial charge in [0.1, 0.15) is 5.82 Å². The van der Waals surface area contributed by atoms with Gasteiger partial charge in [0.25, 0.3) is 0 Å². The van der Waals surface area contributed by atoms with Crippen molar-refractivity contribution in [3.8, 4) is 0 Å². The first-order valence-corrected chi connectivity index (χ1v) is 5.50. The highest BCUT2D eigenvalue weighted by atomic mass is 16.5. The monoisotopic (exact) mass is 222 g/mol. The minimum atomic E-state index is -0.0415. The van der Waals surface area contributed by atoms with Gasteiger partial charge in [-0.05, 0) is 13.8 Å². The van der Waals surface area contributed by atoms with Crippen molar-refractivity contribution in [1.29, 1.82) is 0 Å². The summed E-state index contributed by atoms with van der Waals surface area (Å²) in [5, 5.41) is 0. The average Bonchev–Trinajstić information content (AvgIpc) is 2.28. The van der Waals surface area contributed by atoms with E-state index in [4.69, 9.17) is 10.5 Å². The van der Waals surface area contributed by atoms with Crippen molar-refractivity contribution in [3.05, 3.63) is 18.1 Å². The van der Waals surface area contributed by atoms with E-state index in [1.807, 2.05) is 0 Å². The zero-order chi connectivity index (χ0) is 11.6. The predicted molar refractivity (Wildman–Crippen MR) is 62.2 cm³/mol. The summed E-state index contributed by atoms with van der Waals surface area (Å²) in [5.74, 6) is 0.885. The molecule has 1 saturated heterocycles. The average molecular weight is 222 g/mol. The van der Waals surface area contributed by atoms with Crippen molar-refractivity contribution in [2.45, 2.75) is 25.9 Å². The molecule has 0 aliphatic carbocycles. The second kappa shape index (κ2) is 4.35. The highest BCUT2D eigenvalue weighted by Gasteiger charge is 2.31. The number of nitrogens with two attached hydrogens (primary N) is 1. The standard InChI is InChI=1S/C11H18N4O/c1-11(2)8-16-4-3-15(11)10-7-13-6-9(5-12)14-10/h6-7H,3-5,8,12H2,1-2H3. The van der Waals surface area contributed by atoms with E-state index in [-0.39, 0.29) is 5.54 Å². The first-order chi connectivity index (χ1) is 7.63. The van der Waals surface area contributed by atoms with Crippen LogP contribution in [0.1, 0.15) is 19.5 Å². The molecule has 0 atom stereocenters. The number of rotatable bonds is 2. The summed E-state index contributed by atoms with van der Waals surface area (Å²) in [6, 6.07) is 0. The van der Waals surface area contributed by atoms with Gasteiger partial charge in [0.15, 0.2) is 0 Å². The van der Waals surface area contributed by atoms with E-state index >= 15 is 0 Å². The molecule has 88 valence electrons. The van der Waals surface area contributed by atoms with Crippen LogP contribution >= 0.6 is 0 Å². The van der Waals surface area contributed by atoms with Crippen LogP contribution in [0.4, 0.5) is 5.82 Å². The third-order valence-electron chi connectivity index (χ3n) is 2.80. The number of hydrogen-bond donors (Lipinski definition) is 1. The van der Waals surface area contributed by atoms with Gasteiger partial charge in [-0.2, -0.15) is 0 Å². The molecule has 0 aromatic carbocycles. The van der Waals surface area contributed by atoms with Crippen LogP contribution in [0.5, 0.6) is 0 Å². The molecule has 0 radical (unpaired) electrons. The van der Waals surface area contributed by atoms with Crippen LogP contribution in [-0.2, 0) is 11.3 Å². The first kappa shape index (κ1) is 11.3. The third-order valence-corrected chi connectivity index (χ3v) is 2.80. The number of nitrogens with zero attached hydrogens (tertiary/aromatic N) is 3. The Morgan fingerprint density at radius 3 is 3.00 bits per heavy atom. The minimum absolute atomic E-state index is 0.0415. The summed E-state index contributed by atoms with van der Waals surface area (Å²) in [4.78, 5) is 10.9. The molecular formula is C11H18N4O. The summed E-state index contributed by atoms with van der Waals surface area (Å²) in [7, 11) is 0. The summed E-state index contributed by atoms with van der Waals surface area (Å²) in [6.45, 7) is 6.99. The summed E-state index contributed by atoms with van der Waals surface area (Å²) in [5.41, 5.74) is 6.35. The van der Waals surface area contributed by atoms with Crippen LogP contribution in [0.15, 0.2) is 12.4 Å². The molecule has 1 aliphatic heterocycles. The van der Waals surface area contributed by atoms with Gasteiger partial charge in [-0.1, -0.05) is 0 Å². The fraction of sp³-hybridized carbons (Fsp3) is 0.636. The zero-order valence-electron chi connectivity index (χ0n) is 9.81. The molecular weight excluding hydrogens is 204 g/mol. The molecule has 2 N–H and O–H groups in total. The van der Waals surface area contributed by atoms with Gasteiger partial charge in [-0.25, -0.2) is 4.98 Å². The lowest BCUT2D eigenvalue weighted by Crippen LogP contribution is -2.53. The van der Waals surface area contributed by atoms with E-state index < -0.39 is 0 Å². The van der Waals surface area contributed by atoms with Crippen LogP contribution < -0.4 is 10.6 Å². The molecule has 1 fully saturated rings. The lowest BCUT2D eigenvalue weighted by molar-refractivity contribution is 0.0638. The number of ether oxygens (including phenoxy) is 1. The van der Waals surface area contributed by atoms with Crippen molar-refractivity contribution in [3.63, 3.8) is 0 Å². The van der Waals surface area contributed by atoms with Crippen molar-refractivity contribution < 1.29 is 4.74 Å². The van der Waals surface area contributed by atoms with Crippen LogP contribution in [0.2, 0.25) is 0 Å². The highest BCUT2D eigenvalue weighted by molar-refractivity contribution is 5.40. The van der Waals surface area contributed by atoms with Crippen LogP contribution in [0.25, 0.3) is 0 Å².